The molecule has 1 amide bonds. The van der Waals surface area contributed by atoms with Crippen LogP contribution in [-0.2, 0) is 22.4 Å². The second-order valence-electron chi connectivity index (χ2n) is 6.61. The number of hydrogen-bond acceptors (Lipinski definition) is 2. The van der Waals surface area contributed by atoms with Gasteiger partial charge in [0.05, 0.1) is 0 Å². The number of aromatic amines is 1. The predicted molar refractivity (Wildman–Crippen MR) is 85.8 cm³/mol. The number of H-pyrrole nitrogens is 1. The van der Waals surface area contributed by atoms with Crippen molar-refractivity contribution in [3.8, 4) is 0 Å². The van der Waals surface area contributed by atoms with Crippen LogP contribution < -0.4 is 5.32 Å². The molecule has 23 heavy (non-hydrogen) atoms. The summed E-state index contributed by atoms with van der Waals surface area (Å²) in [6, 6.07) is 5.05. The number of fused-ring (bicyclic) bond motifs is 3. The molecule has 0 bridgehead atoms. The van der Waals surface area contributed by atoms with Gasteiger partial charge < -0.3 is 15.0 Å². The number of carbonyl (C=O) groups excluding carboxylic acids is 1. The minimum atomic E-state index is -0.222. The van der Waals surface area contributed by atoms with Gasteiger partial charge in [-0.2, -0.15) is 0 Å². The molecule has 1 aromatic carbocycles. The van der Waals surface area contributed by atoms with Gasteiger partial charge >= 0.3 is 0 Å². The van der Waals surface area contributed by atoms with Crippen LogP contribution in [0.1, 0.15) is 30.5 Å². The van der Waals surface area contributed by atoms with Crippen LogP contribution in [0.3, 0.4) is 0 Å². The highest BCUT2D eigenvalue weighted by Crippen LogP contribution is 2.30. The third-order valence-electron chi connectivity index (χ3n) is 5.09. The molecule has 4 nitrogen and oxygen atoms in total. The maximum Gasteiger partial charge on any atom is 0.223 e. The zero-order chi connectivity index (χ0) is 15.8. The number of carbonyl (C=O) groups is 1. The van der Waals surface area contributed by atoms with Gasteiger partial charge in [0.1, 0.15) is 5.82 Å². The molecule has 0 radical (unpaired) electrons. The van der Waals surface area contributed by atoms with Crippen molar-refractivity contribution >= 4 is 16.8 Å². The fraction of sp³-hybridized carbons (Fsp3) is 0.500. The molecule has 2 aliphatic rings. The summed E-state index contributed by atoms with van der Waals surface area (Å²) in [5.41, 5.74) is 3.26. The van der Waals surface area contributed by atoms with Crippen LogP contribution in [-0.4, -0.2) is 30.1 Å². The van der Waals surface area contributed by atoms with Crippen molar-refractivity contribution < 1.29 is 13.9 Å². The van der Waals surface area contributed by atoms with Crippen LogP contribution in [0, 0.1) is 11.7 Å². The normalized spacial score (nSPS) is 22.0. The Balaban J connectivity index is 1.49. The summed E-state index contributed by atoms with van der Waals surface area (Å²) in [5.74, 6) is 0.0234. The lowest BCUT2D eigenvalue weighted by Gasteiger charge is -2.27. The highest BCUT2D eigenvalue weighted by Gasteiger charge is 2.27. The molecule has 1 aliphatic carbocycles. The quantitative estimate of drug-likeness (QED) is 0.895. The van der Waals surface area contributed by atoms with Crippen molar-refractivity contribution in [3.05, 3.63) is 35.3 Å². The average molecular weight is 316 g/mol. The predicted octanol–water partition coefficient (Wildman–Crippen LogP) is 2.71. The summed E-state index contributed by atoms with van der Waals surface area (Å²) in [6.07, 6.45) is 4.27. The Kier molecular flexibility index (Phi) is 3.81. The minimum Gasteiger partial charge on any atom is -0.381 e. The van der Waals surface area contributed by atoms with Crippen molar-refractivity contribution in [1.29, 1.82) is 0 Å². The first kappa shape index (κ1) is 14.7. The average Bonchev–Trinajstić information content (AvgIpc) is 2.92. The van der Waals surface area contributed by atoms with E-state index >= 15 is 0 Å². The van der Waals surface area contributed by atoms with Crippen molar-refractivity contribution in [2.24, 2.45) is 5.92 Å². The molecule has 2 aromatic rings. The molecule has 1 fully saturated rings. The molecule has 2 heterocycles. The molecule has 1 aliphatic heterocycles. The molecule has 4 rings (SSSR count). The van der Waals surface area contributed by atoms with E-state index in [1.807, 2.05) is 6.07 Å². The number of benzene rings is 1. The fourth-order valence-electron chi connectivity index (χ4n) is 3.80. The van der Waals surface area contributed by atoms with Gasteiger partial charge in [-0.15, -0.1) is 0 Å². The monoisotopic (exact) mass is 316 g/mol. The number of amides is 1. The second kappa shape index (κ2) is 5.96. The van der Waals surface area contributed by atoms with Gasteiger partial charge in [-0.05, 0) is 55.9 Å². The van der Waals surface area contributed by atoms with E-state index in [-0.39, 0.29) is 23.7 Å². The third kappa shape index (κ3) is 2.85. The first-order chi connectivity index (χ1) is 11.2. The number of ether oxygens (including phenoxy) is 1. The summed E-state index contributed by atoms with van der Waals surface area (Å²) in [6.45, 7) is 1.36. The standard InChI is InChI=1S/C18H21FN2O2/c19-12-1-3-14-15-10-13(2-4-16(15)21-17(14)9-12)20-18(22)11-5-7-23-8-6-11/h1,3,9,11,13,21H,2,4-8,10H2,(H,20,22). The van der Waals surface area contributed by atoms with Crippen LogP contribution in [0.15, 0.2) is 18.2 Å². The maximum atomic E-state index is 13.4. The van der Waals surface area contributed by atoms with Crippen LogP contribution in [0.4, 0.5) is 4.39 Å². The van der Waals surface area contributed by atoms with E-state index in [9.17, 15) is 9.18 Å². The summed E-state index contributed by atoms with van der Waals surface area (Å²) >= 11 is 0. The molecule has 1 unspecified atom stereocenters. The summed E-state index contributed by atoms with van der Waals surface area (Å²) in [5, 5.41) is 4.29. The van der Waals surface area contributed by atoms with Gasteiger partial charge in [0.15, 0.2) is 0 Å². The summed E-state index contributed by atoms with van der Waals surface area (Å²) in [4.78, 5) is 15.7. The molecular formula is C18H21FN2O2. The van der Waals surface area contributed by atoms with Gasteiger partial charge in [0.2, 0.25) is 5.91 Å². The number of halogens is 1. The molecule has 5 heteroatoms. The summed E-state index contributed by atoms with van der Waals surface area (Å²) in [7, 11) is 0. The Morgan fingerprint density at radius 1 is 1.26 bits per heavy atom. The molecule has 0 saturated carbocycles. The van der Waals surface area contributed by atoms with E-state index in [2.05, 4.69) is 10.3 Å². The topological polar surface area (TPSA) is 54.1 Å². The van der Waals surface area contributed by atoms with E-state index in [1.54, 1.807) is 6.07 Å². The Bertz CT molecular complexity index is 734. The number of aromatic nitrogens is 1. The van der Waals surface area contributed by atoms with Gasteiger partial charge in [-0.1, -0.05) is 0 Å². The first-order valence-corrected chi connectivity index (χ1v) is 8.38. The lowest BCUT2D eigenvalue weighted by atomic mass is 9.90. The van der Waals surface area contributed by atoms with Crippen molar-refractivity contribution in [1.82, 2.24) is 10.3 Å². The van der Waals surface area contributed by atoms with Crippen LogP contribution >= 0.6 is 0 Å². The SMILES string of the molecule is O=C(NC1CCc2[nH]c3cc(F)ccc3c2C1)C1CCOCC1. The second-order valence-corrected chi connectivity index (χ2v) is 6.61. The van der Waals surface area contributed by atoms with Crippen molar-refractivity contribution in [3.63, 3.8) is 0 Å². The zero-order valence-electron chi connectivity index (χ0n) is 13.0. The fourth-order valence-corrected chi connectivity index (χ4v) is 3.80. The Labute approximate surface area is 134 Å². The third-order valence-corrected chi connectivity index (χ3v) is 5.09. The highest BCUT2D eigenvalue weighted by molar-refractivity contribution is 5.85. The van der Waals surface area contributed by atoms with Crippen LogP contribution in [0.2, 0.25) is 0 Å². The smallest absolute Gasteiger partial charge is 0.223 e. The van der Waals surface area contributed by atoms with Gasteiger partial charge in [0.25, 0.3) is 0 Å². The Morgan fingerprint density at radius 3 is 2.91 bits per heavy atom. The molecule has 1 saturated heterocycles. The van der Waals surface area contributed by atoms with E-state index in [0.717, 1.165) is 43.0 Å². The number of nitrogens with one attached hydrogen (secondary N) is 2. The lowest BCUT2D eigenvalue weighted by molar-refractivity contribution is -0.128. The molecule has 1 aromatic heterocycles. The Morgan fingerprint density at radius 2 is 2.09 bits per heavy atom. The molecule has 0 spiro atoms. The van der Waals surface area contributed by atoms with E-state index < -0.39 is 0 Å². The van der Waals surface area contributed by atoms with E-state index in [0.29, 0.717) is 13.2 Å². The van der Waals surface area contributed by atoms with Crippen molar-refractivity contribution in [2.45, 2.75) is 38.1 Å². The highest BCUT2D eigenvalue weighted by atomic mass is 19.1. The lowest BCUT2D eigenvalue weighted by Crippen LogP contribution is -2.43. The van der Waals surface area contributed by atoms with E-state index in [4.69, 9.17) is 4.74 Å². The van der Waals surface area contributed by atoms with E-state index in [1.165, 1.54) is 17.3 Å². The first-order valence-electron chi connectivity index (χ1n) is 8.38. The Hall–Kier alpha value is -1.88. The molecular weight excluding hydrogens is 295 g/mol. The molecule has 1 atom stereocenters. The molecule has 2 N–H and O–H groups in total. The zero-order valence-corrected chi connectivity index (χ0v) is 13.0. The largest absolute Gasteiger partial charge is 0.381 e. The van der Waals surface area contributed by atoms with Gasteiger partial charge in [0, 0.05) is 41.8 Å². The van der Waals surface area contributed by atoms with Gasteiger partial charge in [-0.3, -0.25) is 4.79 Å². The number of hydrogen-bond donors (Lipinski definition) is 2. The number of aryl methyl sites for hydroxylation is 1. The van der Waals surface area contributed by atoms with Crippen LogP contribution in [0.5, 0.6) is 0 Å². The minimum absolute atomic E-state index is 0.0854. The maximum absolute atomic E-state index is 13.4. The summed E-state index contributed by atoms with van der Waals surface area (Å²) < 4.78 is 18.7. The molecule has 122 valence electrons. The van der Waals surface area contributed by atoms with Gasteiger partial charge in [-0.25, -0.2) is 4.39 Å². The van der Waals surface area contributed by atoms with Crippen molar-refractivity contribution in [2.75, 3.05) is 13.2 Å². The van der Waals surface area contributed by atoms with Crippen LogP contribution in [0.25, 0.3) is 10.9 Å². The number of rotatable bonds is 2.